The number of carbonyl (C=O) groups excluding carboxylic acids is 1. The van der Waals surface area contributed by atoms with Crippen LogP contribution in [0.3, 0.4) is 0 Å². The summed E-state index contributed by atoms with van der Waals surface area (Å²) in [5.41, 5.74) is 3.12. The summed E-state index contributed by atoms with van der Waals surface area (Å²) in [6.45, 7) is 0.567. The van der Waals surface area contributed by atoms with Crippen molar-refractivity contribution in [2.45, 2.75) is 6.42 Å². The molecule has 6 heteroatoms. The molecule has 1 aliphatic heterocycles. The Morgan fingerprint density at radius 3 is 2.81 bits per heavy atom. The highest BCUT2D eigenvalue weighted by molar-refractivity contribution is 5.91. The molecule has 0 unspecified atom stereocenters. The fourth-order valence-corrected chi connectivity index (χ4v) is 2.31. The van der Waals surface area contributed by atoms with Gasteiger partial charge in [0.2, 0.25) is 0 Å². The van der Waals surface area contributed by atoms with Crippen molar-refractivity contribution in [2.75, 3.05) is 11.9 Å². The fourth-order valence-electron chi connectivity index (χ4n) is 2.31. The molecule has 3 N–H and O–H groups in total. The number of urea groups is 1. The van der Waals surface area contributed by atoms with Crippen LogP contribution in [0.4, 0.5) is 10.5 Å². The van der Waals surface area contributed by atoms with Gasteiger partial charge in [-0.2, -0.15) is 5.26 Å². The number of anilines is 1. The number of pyridine rings is 1. The van der Waals surface area contributed by atoms with E-state index in [-0.39, 0.29) is 11.6 Å². The molecular weight excluding hydrogens is 268 g/mol. The lowest BCUT2D eigenvalue weighted by molar-refractivity contribution is 0.252. The van der Waals surface area contributed by atoms with E-state index < -0.39 is 5.56 Å². The van der Waals surface area contributed by atoms with Crippen molar-refractivity contribution >= 4 is 11.7 Å². The van der Waals surface area contributed by atoms with Crippen LogP contribution < -0.4 is 16.2 Å². The molecular formula is C15H12N4O2. The molecule has 104 valence electrons. The molecule has 0 atom stereocenters. The Balaban J connectivity index is 2.05. The summed E-state index contributed by atoms with van der Waals surface area (Å²) in [4.78, 5) is 25.4. The van der Waals surface area contributed by atoms with Gasteiger partial charge in [-0.1, -0.05) is 6.07 Å². The predicted octanol–water partition coefficient (Wildman–Crippen LogP) is 1.59. The van der Waals surface area contributed by atoms with Crippen LogP contribution in [0.15, 0.2) is 35.3 Å². The lowest BCUT2D eigenvalue weighted by atomic mass is 10.0. The molecule has 1 aromatic heterocycles. The first-order valence-electron chi connectivity index (χ1n) is 6.48. The number of nitriles is 1. The summed E-state index contributed by atoms with van der Waals surface area (Å²) in [7, 11) is 0. The molecule has 0 bridgehead atoms. The van der Waals surface area contributed by atoms with Crippen molar-refractivity contribution in [3.05, 3.63) is 51.9 Å². The molecule has 0 saturated heterocycles. The summed E-state index contributed by atoms with van der Waals surface area (Å²) >= 11 is 0. The van der Waals surface area contributed by atoms with Crippen molar-refractivity contribution in [2.24, 2.45) is 0 Å². The van der Waals surface area contributed by atoms with E-state index in [0.717, 1.165) is 28.8 Å². The number of aromatic amines is 1. The topological polar surface area (TPSA) is 97.8 Å². The molecule has 0 radical (unpaired) electrons. The van der Waals surface area contributed by atoms with E-state index in [1.807, 2.05) is 24.3 Å². The Bertz CT molecular complexity index is 817. The molecule has 1 aliphatic rings. The largest absolute Gasteiger partial charge is 0.338 e. The second kappa shape index (κ2) is 5.13. The summed E-state index contributed by atoms with van der Waals surface area (Å²) in [5, 5.41) is 14.4. The van der Waals surface area contributed by atoms with Crippen molar-refractivity contribution in [3.63, 3.8) is 0 Å². The molecule has 0 fully saturated rings. The van der Waals surface area contributed by atoms with E-state index >= 15 is 0 Å². The van der Waals surface area contributed by atoms with Crippen LogP contribution in [0.5, 0.6) is 0 Å². The number of H-pyrrole nitrogens is 1. The van der Waals surface area contributed by atoms with Crippen LogP contribution in [0.2, 0.25) is 0 Å². The average Bonchev–Trinajstić information content (AvgIpc) is 2.67. The smallest absolute Gasteiger partial charge is 0.319 e. The van der Waals surface area contributed by atoms with Gasteiger partial charge in [0, 0.05) is 18.4 Å². The Labute approximate surface area is 120 Å². The van der Waals surface area contributed by atoms with E-state index in [2.05, 4.69) is 15.6 Å². The third-order valence-electron chi connectivity index (χ3n) is 3.39. The molecule has 6 nitrogen and oxygen atoms in total. The number of nitrogens with zero attached hydrogens (tertiary/aromatic N) is 1. The van der Waals surface area contributed by atoms with Crippen molar-refractivity contribution < 1.29 is 4.79 Å². The Kier molecular flexibility index (Phi) is 3.16. The molecule has 0 aliphatic carbocycles. The van der Waals surface area contributed by atoms with Gasteiger partial charge in [0.25, 0.3) is 5.56 Å². The lowest BCUT2D eigenvalue weighted by Crippen LogP contribution is -2.27. The maximum atomic E-state index is 11.4. The summed E-state index contributed by atoms with van der Waals surface area (Å²) < 4.78 is 0. The van der Waals surface area contributed by atoms with E-state index in [4.69, 9.17) is 5.26 Å². The van der Waals surface area contributed by atoms with Gasteiger partial charge in [-0.25, -0.2) is 4.79 Å². The van der Waals surface area contributed by atoms with Gasteiger partial charge in [0.15, 0.2) is 0 Å². The molecule has 1 aromatic carbocycles. The Hall–Kier alpha value is -3.07. The zero-order valence-electron chi connectivity index (χ0n) is 11.1. The minimum absolute atomic E-state index is 0.0809. The third kappa shape index (κ3) is 2.49. The summed E-state index contributed by atoms with van der Waals surface area (Å²) in [6.07, 6.45) is 2.30. The van der Waals surface area contributed by atoms with Crippen LogP contribution in [0.25, 0.3) is 11.1 Å². The van der Waals surface area contributed by atoms with Crippen molar-refractivity contribution in [1.82, 2.24) is 10.3 Å². The highest BCUT2D eigenvalue weighted by Crippen LogP contribution is 2.26. The minimum Gasteiger partial charge on any atom is -0.338 e. The SMILES string of the molecule is N#Cc1cc(-c2ccc3c(c2)CCNC(=O)N3)c[nH]c1=O. The fraction of sp³-hybridized carbons (Fsp3) is 0.133. The third-order valence-corrected chi connectivity index (χ3v) is 3.39. The number of hydrogen-bond acceptors (Lipinski definition) is 3. The van der Waals surface area contributed by atoms with E-state index in [9.17, 15) is 9.59 Å². The van der Waals surface area contributed by atoms with Crippen LogP contribution in [0.1, 0.15) is 11.1 Å². The normalized spacial score (nSPS) is 13.4. The van der Waals surface area contributed by atoms with Gasteiger partial charge in [-0.3, -0.25) is 4.79 Å². The Morgan fingerprint density at radius 1 is 1.14 bits per heavy atom. The molecule has 0 saturated carbocycles. The molecule has 21 heavy (non-hydrogen) atoms. The predicted molar refractivity (Wildman–Crippen MR) is 77.9 cm³/mol. The van der Waals surface area contributed by atoms with Gasteiger partial charge in [-0.15, -0.1) is 0 Å². The highest BCUT2D eigenvalue weighted by atomic mass is 16.2. The van der Waals surface area contributed by atoms with Crippen LogP contribution in [-0.4, -0.2) is 17.6 Å². The first-order chi connectivity index (χ1) is 10.2. The second-order valence-electron chi connectivity index (χ2n) is 4.75. The maximum absolute atomic E-state index is 11.4. The average molecular weight is 280 g/mol. The van der Waals surface area contributed by atoms with Gasteiger partial charge >= 0.3 is 6.03 Å². The number of nitrogens with one attached hydrogen (secondary N) is 3. The second-order valence-corrected chi connectivity index (χ2v) is 4.75. The molecule has 0 spiro atoms. The van der Waals surface area contributed by atoms with Crippen molar-refractivity contribution in [1.29, 1.82) is 5.26 Å². The van der Waals surface area contributed by atoms with Gasteiger partial charge < -0.3 is 15.6 Å². The Morgan fingerprint density at radius 2 is 2.00 bits per heavy atom. The zero-order valence-corrected chi connectivity index (χ0v) is 11.1. The quantitative estimate of drug-likeness (QED) is 0.739. The lowest BCUT2D eigenvalue weighted by Gasteiger charge is -2.09. The van der Waals surface area contributed by atoms with Crippen LogP contribution in [-0.2, 0) is 6.42 Å². The number of aromatic nitrogens is 1. The van der Waals surface area contributed by atoms with E-state index in [1.165, 1.54) is 0 Å². The number of rotatable bonds is 1. The molecule has 3 rings (SSSR count). The van der Waals surface area contributed by atoms with E-state index in [0.29, 0.717) is 6.54 Å². The standard InChI is InChI=1S/C15H12N4O2/c16-7-11-6-12(8-18-14(11)20)9-1-2-13-10(5-9)3-4-17-15(21)19-13/h1-2,5-6,8H,3-4H2,(H,18,20)(H2,17,19,21). The van der Waals surface area contributed by atoms with Crippen LogP contribution >= 0.6 is 0 Å². The highest BCUT2D eigenvalue weighted by Gasteiger charge is 2.13. The van der Waals surface area contributed by atoms with Gasteiger partial charge in [0.05, 0.1) is 0 Å². The zero-order chi connectivity index (χ0) is 14.8. The molecule has 2 amide bonds. The van der Waals surface area contributed by atoms with Crippen molar-refractivity contribution in [3.8, 4) is 17.2 Å². The maximum Gasteiger partial charge on any atom is 0.319 e. The first-order valence-corrected chi connectivity index (χ1v) is 6.48. The summed E-state index contributed by atoms with van der Waals surface area (Å²) in [6, 6.07) is 8.85. The minimum atomic E-state index is -0.396. The van der Waals surface area contributed by atoms with Gasteiger partial charge in [0.1, 0.15) is 11.6 Å². The number of fused-ring (bicyclic) bond motifs is 1. The molecule has 2 aromatic rings. The number of hydrogen-bond donors (Lipinski definition) is 3. The van der Waals surface area contributed by atoms with Crippen LogP contribution in [0, 0.1) is 11.3 Å². The first kappa shape index (κ1) is 12.9. The number of carbonyl (C=O) groups is 1. The van der Waals surface area contributed by atoms with E-state index in [1.54, 1.807) is 12.3 Å². The number of benzene rings is 1. The monoisotopic (exact) mass is 280 g/mol. The number of amides is 2. The summed E-state index contributed by atoms with van der Waals surface area (Å²) in [5.74, 6) is 0. The van der Waals surface area contributed by atoms with Gasteiger partial charge in [-0.05, 0) is 41.3 Å². The molecule has 2 heterocycles.